The van der Waals surface area contributed by atoms with Gasteiger partial charge >= 0.3 is 5.97 Å². The van der Waals surface area contributed by atoms with Gasteiger partial charge in [0.2, 0.25) is 0 Å². The highest BCUT2D eigenvalue weighted by atomic mass is 16.5. The molecule has 0 radical (unpaired) electrons. The monoisotopic (exact) mass is 239 g/mol. The Morgan fingerprint density at radius 1 is 1.41 bits per heavy atom. The number of nitrogen functional groups attached to an aromatic ring is 1. The number of nitrogens with two attached hydrogens (primary N) is 1. The number of ether oxygens (including phenoxy) is 2. The van der Waals surface area contributed by atoms with Crippen molar-refractivity contribution in [2.75, 3.05) is 26.1 Å². The second kappa shape index (κ2) is 6.10. The van der Waals surface area contributed by atoms with Crippen molar-refractivity contribution in [1.82, 2.24) is 0 Å². The Morgan fingerprint density at radius 2 is 2.12 bits per heavy atom. The van der Waals surface area contributed by atoms with Crippen molar-refractivity contribution >= 4 is 11.7 Å². The molecule has 0 aliphatic heterocycles. The SMILES string of the molecule is COCCCOc1cc(C)c(N)c(C(=O)O)c1. The molecule has 0 aliphatic carbocycles. The molecule has 0 bridgehead atoms. The highest BCUT2D eigenvalue weighted by molar-refractivity contribution is 5.95. The van der Waals surface area contributed by atoms with Crippen LogP contribution in [0.15, 0.2) is 12.1 Å². The van der Waals surface area contributed by atoms with Gasteiger partial charge in [0.25, 0.3) is 0 Å². The van der Waals surface area contributed by atoms with Gasteiger partial charge < -0.3 is 20.3 Å². The molecule has 0 saturated heterocycles. The molecular weight excluding hydrogens is 222 g/mol. The number of carbonyl (C=O) groups is 1. The number of methoxy groups -OCH3 is 1. The van der Waals surface area contributed by atoms with Crippen LogP contribution in [-0.2, 0) is 4.74 Å². The highest BCUT2D eigenvalue weighted by Crippen LogP contribution is 2.24. The minimum Gasteiger partial charge on any atom is -0.493 e. The third kappa shape index (κ3) is 3.64. The van der Waals surface area contributed by atoms with Crippen LogP contribution in [0, 0.1) is 6.92 Å². The van der Waals surface area contributed by atoms with Gasteiger partial charge in [-0.05, 0) is 24.6 Å². The van der Waals surface area contributed by atoms with Gasteiger partial charge in [-0.2, -0.15) is 0 Å². The van der Waals surface area contributed by atoms with Crippen LogP contribution < -0.4 is 10.5 Å². The molecule has 1 aromatic rings. The Bertz CT molecular complexity index is 404. The zero-order valence-corrected chi connectivity index (χ0v) is 10.0. The molecule has 94 valence electrons. The van der Waals surface area contributed by atoms with E-state index in [1.807, 2.05) is 0 Å². The molecule has 0 fully saturated rings. The summed E-state index contributed by atoms with van der Waals surface area (Å²) in [4.78, 5) is 10.9. The lowest BCUT2D eigenvalue weighted by Gasteiger charge is -2.10. The van der Waals surface area contributed by atoms with Gasteiger partial charge in [0, 0.05) is 25.8 Å². The van der Waals surface area contributed by atoms with Gasteiger partial charge in [-0.15, -0.1) is 0 Å². The molecule has 5 nitrogen and oxygen atoms in total. The summed E-state index contributed by atoms with van der Waals surface area (Å²) in [7, 11) is 1.62. The second-order valence-electron chi connectivity index (χ2n) is 3.70. The average Bonchev–Trinajstić information content (AvgIpc) is 2.28. The summed E-state index contributed by atoms with van der Waals surface area (Å²) in [6, 6.07) is 3.17. The number of rotatable bonds is 6. The lowest BCUT2D eigenvalue weighted by molar-refractivity contribution is 0.0697. The maximum absolute atomic E-state index is 10.9. The molecule has 1 rings (SSSR count). The van der Waals surface area contributed by atoms with Crippen LogP contribution >= 0.6 is 0 Å². The summed E-state index contributed by atoms with van der Waals surface area (Å²) in [6.07, 6.45) is 0.752. The summed E-state index contributed by atoms with van der Waals surface area (Å²) in [5.41, 5.74) is 6.73. The zero-order chi connectivity index (χ0) is 12.8. The quantitative estimate of drug-likeness (QED) is 0.583. The first-order valence-corrected chi connectivity index (χ1v) is 5.31. The summed E-state index contributed by atoms with van der Waals surface area (Å²) in [6.45, 7) is 2.85. The van der Waals surface area contributed by atoms with E-state index in [2.05, 4.69) is 0 Å². The molecular formula is C12H17NO4. The summed E-state index contributed by atoms with van der Waals surface area (Å²) in [5.74, 6) is -0.529. The van der Waals surface area contributed by atoms with Crippen molar-refractivity contribution in [2.24, 2.45) is 0 Å². The first-order valence-electron chi connectivity index (χ1n) is 5.31. The molecule has 17 heavy (non-hydrogen) atoms. The number of carboxylic acid groups (broad SMARTS) is 1. The van der Waals surface area contributed by atoms with Crippen LogP contribution in [0.4, 0.5) is 5.69 Å². The number of benzene rings is 1. The van der Waals surface area contributed by atoms with E-state index >= 15 is 0 Å². The molecule has 0 aromatic heterocycles. The number of aryl methyl sites for hydroxylation is 1. The third-order valence-electron chi connectivity index (χ3n) is 2.35. The van der Waals surface area contributed by atoms with E-state index in [4.69, 9.17) is 20.3 Å². The van der Waals surface area contributed by atoms with Crippen molar-refractivity contribution in [3.63, 3.8) is 0 Å². The Morgan fingerprint density at radius 3 is 2.71 bits per heavy atom. The Kier molecular flexibility index (Phi) is 4.78. The summed E-state index contributed by atoms with van der Waals surface area (Å²) >= 11 is 0. The smallest absolute Gasteiger partial charge is 0.337 e. The zero-order valence-electron chi connectivity index (χ0n) is 10.0. The van der Waals surface area contributed by atoms with E-state index in [0.29, 0.717) is 24.5 Å². The molecule has 0 amide bonds. The fourth-order valence-corrected chi connectivity index (χ4v) is 1.42. The Balaban J connectivity index is 2.77. The number of aromatic carboxylic acids is 1. The summed E-state index contributed by atoms with van der Waals surface area (Å²) in [5, 5.41) is 8.97. The number of hydrogen-bond acceptors (Lipinski definition) is 4. The van der Waals surface area contributed by atoms with E-state index in [-0.39, 0.29) is 11.3 Å². The van der Waals surface area contributed by atoms with Crippen LogP contribution in [0.3, 0.4) is 0 Å². The van der Waals surface area contributed by atoms with Gasteiger partial charge in [0.15, 0.2) is 0 Å². The molecule has 0 atom stereocenters. The molecule has 0 aliphatic rings. The van der Waals surface area contributed by atoms with Crippen LogP contribution in [0.1, 0.15) is 22.3 Å². The largest absolute Gasteiger partial charge is 0.493 e. The molecule has 1 aromatic carbocycles. The van der Waals surface area contributed by atoms with Crippen LogP contribution in [0.2, 0.25) is 0 Å². The fourth-order valence-electron chi connectivity index (χ4n) is 1.42. The number of carboxylic acids is 1. The highest BCUT2D eigenvalue weighted by Gasteiger charge is 2.12. The van der Waals surface area contributed by atoms with Crippen molar-refractivity contribution in [3.8, 4) is 5.75 Å². The Hall–Kier alpha value is -1.75. The normalized spacial score (nSPS) is 10.2. The van der Waals surface area contributed by atoms with Crippen molar-refractivity contribution in [3.05, 3.63) is 23.3 Å². The van der Waals surface area contributed by atoms with E-state index in [9.17, 15) is 4.79 Å². The maximum atomic E-state index is 10.9. The van der Waals surface area contributed by atoms with Gasteiger partial charge in [-0.3, -0.25) is 0 Å². The van der Waals surface area contributed by atoms with E-state index in [0.717, 1.165) is 6.42 Å². The van der Waals surface area contributed by atoms with Gasteiger partial charge in [-0.1, -0.05) is 0 Å². The first kappa shape index (κ1) is 13.3. The molecule has 0 heterocycles. The number of anilines is 1. The predicted octanol–water partition coefficient (Wildman–Crippen LogP) is 1.69. The van der Waals surface area contributed by atoms with Gasteiger partial charge in [0.1, 0.15) is 5.75 Å². The van der Waals surface area contributed by atoms with Crippen molar-refractivity contribution in [1.29, 1.82) is 0 Å². The lowest BCUT2D eigenvalue weighted by atomic mass is 10.1. The van der Waals surface area contributed by atoms with Crippen molar-refractivity contribution in [2.45, 2.75) is 13.3 Å². The molecule has 3 N–H and O–H groups in total. The third-order valence-corrected chi connectivity index (χ3v) is 2.35. The minimum absolute atomic E-state index is 0.0757. The van der Waals surface area contributed by atoms with Gasteiger partial charge in [-0.25, -0.2) is 4.79 Å². The van der Waals surface area contributed by atoms with E-state index in [1.165, 1.54) is 6.07 Å². The van der Waals surface area contributed by atoms with Crippen LogP contribution in [0.5, 0.6) is 5.75 Å². The molecule has 5 heteroatoms. The first-order chi connectivity index (χ1) is 8.06. The Labute approximate surface area is 100 Å². The molecule has 0 spiro atoms. The number of hydrogen-bond donors (Lipinski definition) is 2. The maximum Gasteiger partial charge on any atom is 0.337 e. The summed E-state index contributed by atoms with van der Waals surface area (Å²) < 4.78 is 10.3. The standard InChI is InChI=1S/C12H17NO4/c1-8-6-9(17-5-3-4-16-2)7-10(11(8)13)12(14)15/h6-7H,3-5,13H2,1-2H3,(H,14,15). The van der Waals surface area contributed by atoms with Crippen LogP contribution in [0.25, 0.3) is 0 Å². The van der Waals surface area contributed by atoms with Gasteiger partial charge in [0.05, 0.1) is 12.2 Å². The lowest BCUT2D eigenvalue weighted by Crippen LogP contribution is -2.07. The predicted molar refractivity (Wildman–Crippen MR) is 64.5 cm³/mol. The van der Waals surface area contributed by atoms with Crippen molar-refractivity contribution < 1.29 is 19.4 Å². The average molecular weight is 239 g/mol. The van der Waals surface area contributed by atoms with E-state index < -0.39 is 5.97 Å². The fraction of sp³-hybridized carbons (Fsp3) is 0.417. The van der Waals surface area contributed by atoms with E-state index in [1.54, 1.807) is 20.1 Å². The molecule has 0 saturated carbocycles. The second-order valence-corrected chi connectivity index (χ2v) is 3.70. The minimum atomic E-state index is -1.05. The molecule has 0 unspecified atom stereocenters. The van der Waals surface area contributed by atoms with Crippen LogP contribution in [-0.4, -0.2) is 31.4 Å². The topological polar surface area (TPSA) is 81.8 Å².